The van der Waals surface area contributed by atoms with Gasteiger partial charge >= 0.3 is 5.69 Å². The molecule has 0 fully saturated rings. The molecule has 0 spiro atoms. The van der Waals surface area contributed by atoms with Gasteiger partial charge in [-0.05, 0) is 67.6 Å². The van der Waals surface area contributed by atoms with E-state index in [1.807, 2.05) is 32.0 Å². The van der Waals surface area contributed by atoms with Crippen LogP contribution in [0.2, 0.25) is 0 Å². The molecule has 1 aliphatic carbocycles. The van der Waals surface area contributed by atoms with Gasteiger partial charge in [0.15, 0.2) is 11.5 Å². The number of hydrogen-bond donors (Lipinski definition) is 1. The quantitative estimate of drug-likeness (QED) is 0.676. The molecule has 2 aromatic carbocycles. The number of fused-ring (bicyclic) bond motifs is 1. The first-order valence-corrected chi connectivity index (χ1v) is 9.92. The minimum Gasteiger partial charge on any atom is -0.488 e. The number of rotatable bonds is 6. The van der Waals surface area contributed by atoms with Crippen LogP contribution in [-0.2, 0) is 13.0 Å². The van der Waals surface area contributed by atoms with E-state index in [2.05, 4.69) is 30.1 Å². The van der Waals surface area contributed by atoms with E-state index in [1.165, 1.54) is 22.4 Å². The van der Waals surface area contributed by atoms with Gasteiger partial charge in [0.25, 0.3) is 5.56 Å². The predicted octanol–water partition coefficient (Wildman–Crippen LogP) is 3.90. The summed E-state index contributed by atoms with van der Waals surface area (Å²) in [6, 6.07) is 9.46. The van der Waals surface area contributed by atoms with Crippen LogP contribution in [0.3, 0.4) is 0 Å². The fraction of sp³-hybridized carbons (Fsp3) is 0.250. The summed E-state index contributed by atoms with van der Waals surface area (Å²) >= 11 is 0. The molecule has 0 bridgehead atoms. The lowest BCUT2D eigenvalue weighted by Gasteiger charge is -2.17. The van der Waals surface area contributed by atoms with Crippen molar-refractivity contribution >= 4 is 6.08 Å². The Kier molecular flexibility index (Phi) is 5.31. The van der Waals surface area contributed by atoms with Gasteiger partial charge in [0, 0.05) is 17.8 Å². The average Bonchev–Trinajstić information content (AvgIpc) is 3.15. The molecule has 0 saturated heterocycles. The topological polar surface area (TPSA) is 73.3 Å². The summed E-state index contributed by atoms with van der Waals surface area (Å²) in [5.74, 6) is 2.07. The van der Waals surface area contributed by atoms with Gasteiger partial charge in [-0.1, -0.05) is 18.2 Å². The maximum atomic E-state index is 11.9. The third-order valence-corrected chi connectivity index (χ3v) is 5.26. The summed E-state index contributed by atoms with van der Waals surface area (Å²) in [7, 11) is 0. The lowest BCUT2D eigenvalue weighted by Crippen LogP contribution is -2.30. The summed E-state index contributed by atoms with van der Waals surface area (Å²) in [6.07, 6.45) is 6.60. The minimum atomic E-state index is -0.454. The maximum absolute atomic E-state index is 11.9. The number of benzene rings is 2. The highest BCUT2D eigenvalue weighted by Gasteiger charge is 2.16. The molecule has 1 aromatic heterocycles. The van der Waals surface area contributed by atoms with Crippen LogP contribution in [0.5, 0.6) is 17.2 Å². The number of ether oxygens (including phenoxy) is 2. The molecule has 6 nitrogen and oxygen atoms in total. The van der Waals surface area contributed by atoms with Crippen molar-refractivity contribution in [1.29, 1.82) is 0 Å². The van der Waals surface area contributed by atoms with Crippen molar-refractivity contribution < 1.29 is 9.47 Å². The van der Waals surface area contributed by atoms with E-state index in [1.54, 1.807) is 0 Å². The van der Waals surface area contributed by atoms with Crippen LogP contribution >= 0.6 is 0 Å². The maximum Gasteiger partial charge on any atom is 0.328 e. The van der Waals surface area contributed by atoms with Gasteiger partial charge in [0.2, 0.25) is 0 Å². The predicted molar refractivity (Wildman–Crippen MR) is 117 cm³/mol. The molecule has 0 atom stereocenters. The number of nitrogens with one attached hydrogen (secondary N) is 1. The van der Waals surface area contributed by atoms with E-state index < -0.39 is 11.2 Å². The van der Waals surface area contributed by atoms with Crippen molar-refractivity contribution in [2.24, 2.45) is 0 Å². The zero-order chi connectivity index (χ0) is 21.3. The molecule has 0 aliphatic heterocycles. The Morgan fingerprint density at radius 2 is 1.77 bits per heavy atom. The van der Waals surface area contributed by atoms with Gasteiger partial charge < -0.3 is 9.47 Å². The smallest absolute Gasteiger partial charge is 0.328 e. The second kappa shape index (κ2) is 8.06. The van der Waals surface area contributed by atoms with Crippen LogP contribution in [-0.4, -0.2) is 16.2 Å². The fourth-order valence-corrected chi connectivity index (χ4v) is 3.53. The van der Waals surface area contributed by atoms with Crippen LogP contribution < -0.4 is 20.7 Å². The normalized spacial score (nSPS) is 12.1. The first-order valence-electron chi connectivity index (χ1n) is 9.92. The first kappa shape index (κ1) is 19.8. The van der Waals surface area contributed by atoms with E-state index in [0.717, 1.165) is 34.4 Å². The van der Waals surface area contributed by atoms with Crippen molar-refractivity contribution in [2.45, 2.75) is 33.7 Å². The highest BCUT2D eigenvalue weighted by molar-refractivity contribution is 5.68. The summed E-state index contributed by atoms with van der Waals surface area (Å²) < 4.78 is 13.7. The van der Waals surface area contributed by atoms with Crippen molar-refractivity contribution in [3.8, 4) is 17.2 Å². The Balaban J connectivity index is 1.59. The van der Waals surface area contributed by atoms with Crippen LogP contribution in [0.15, 0.2) is 52.2 Å². The molecule has 0 saturated carbocycles. The molecule has 0 amide bonds. The minimum absolute atomic E-state index is 0.261. The van der Waals surface area contributed by atoms with E-state index in [-0.39, 0.29) is 6.61 Å². The molecule has 0 unspecified atom stereocenters. The van der Waals surface area contributed by atoms with Crippen molar-refractivity contribution in [3.63, 3.8) is 0 Å². The summed E-state index contributed by atoms with van der Waals surface area (Å²) in [5, 5.41) is 0. The lowest BCUT2D eigenvalue weighted by atomic mass is 10.1. The summed E-state index contributed by atoms with van der Waals surface area (Å²) in [4.78, 5) is 25.3. The summed E-state index contributed by atoms with van der Waals surface area (Å²) in [6.45, 7) is 6.68. The lowest BCUT2D eigenvalue weighted by molar-refractivity contribution is 0.282. The van der Waals surface area contributed by atoms with Gasteiger partial charge in [-0.15, -0.1) is 0 Å². The number of aryl methyl sites for hydroxylation is 3. The number of hydrogen-bond acceptors (Lipinski definition) is 4. The highest BCUT2D eigenvalue weighted by Crippen LogP contribution is 2.38. The Hall–Kier alpha value is -3.54. The largest absolute Gasteiger partial charge is 0.488 e. The molecular weight excluding hydrogens is 380 g/mol. The van der Waals surface area contributed by atoms with Crippen LogP contribution in [0.4, 0.5) is 0 Å². The third-order valence-electron chi connectivity index (χ3n) is 5.26. The zero-order valence-electron chi connectivity index (χ0n) is 17.3. The number of aromatic amines is 1. The van der Waals surface area contributed by atoms with E-state index in [9.17, 15) is 9.59 Å². The number of aromatic nitrogens is 2. The van der Waals surface area contributed by atoms with E-state index in [0.29, 0.717) is 18.0 Å². The monoisotopic (exact) mass is 404 g/mol. The van der Waals surface area contributed by atoms with Crippen molar-refractivity contribution in [1.82, 2.24) is 9.55 Å². The van der Waals surface area contributed by atoms with Gasteiger partial charge in [0.05, 0.1) is 6.54 Å². The Bertz CT molecular complexity index is 1250. The Labute approximate surface area is 174 Å². The third kappa shape index (κ3) is 4.08. The van der Waals surface area contributed by atoms with Gasteiger partial charge in [-0.3, -0.25) is 14.3 Å². The van der Waals surface area contributed by atoms with Crippen molar-refractivity contribution in [2.75, 3.05) is 6.61 Å². The number of H-pyrrole nitrogens is 1. The van der Waals surface area contributed by atoms with Gasteiger partial charge in [-0.25, -0.2) is 4.79 Å². The Morgan fingerprint density at radius 1 is 1.00 bits per heavy atom. The first-order chi connectivity index (χ1) is 14.4. The molecular formula is C24H24N2O4. The van der Waals surface area contributed by atoms with E-state index >= 15 is 0 Å². The molecule has 3 aromatic rings. The van der Waals surface area contributed by atoms with Crippen LogP contribution in [0.25, 0.3) is 6.08 Å². The molecule has 1 N–H and O–H groups in total. The fourth-order valence-electron chi connectivity index (χ4n) is 3.53. The Morgan fingerprint density at radius 3 is 2.53 bits per heavy atom. The molecule has 1 aliphatic rings. The second-order valence-corrected chi connectivity index (χ2v) is 7.58. The van der Waals surface area contributed by atoms with Crippen LogP contribution in [0.1, 0.15) is 27.8 Å². The molecule has 30 heavy (non-hydrogen) atoms. The molecule has 1 heterocycles. The molecule has 4 rings (SSSR count). The number of nitrogens with zero attached hydrogens (tertiary/aromatic N) is 1. The molecule has 154 valence electrons. The van der Waals surface area contributed by atoms with Crippen molar-refractivity contribution in [3.05, 3.63) is 91.3 Å². The van der Waals surface area contributed by atoms with Gasteiger partial charge in [0.1, 0.15) is 12.4 Å². The van der Waals surface area contributed by atoms with Gasteiger partial charge in [-0.2, -0.15) is 0 Å². The summed E-state index contributed by atoms with van der Waals surface area (Å²) in [5.41, 5.74) is 4.84. The zero-order valence-corrected chi connectivity index (χ0v) is 17.3. The average molecular weight is 404 g/mol. The molecule has 6 heteroatoms. The molecule has 0 radical (unpaired) electrons. The van der Waals surface area contributed by atoms with Crippen LogP contribution in [0, 0.1) is 20.8 Å². The number of allylic oxidation sites excluding steroid dienone is 1. The standard InChI is InChI=1S/C24H24N2O4/c1-15-11-18-5-4-6-19(18)20(12-15)30-22-14-17(3)16(2)13-21(22)29-10-9-26-8-7-23(27)25-24(26)28/h4,6-8,11-14H,5,9-10H2,1-3H3,(H,25,27,28). The highest BCUT2D eigenvalue weighted by atomic mass is 16.5. The van der Waals surface area contributed by atoms with E-state index in [4.69, 9.17) is 9.47 Å². The second-order valence-electron chi connectivity index (χ2n) is 7.58. The SMILES string of the molecule is Cc1cc2c(c(Oc3cc(C)c(C)cc3OCCn3ccc(=O)[nH]c3=O)c1)C=CC2.